The summed E-state index contributed by atoms with van der Waals surface area (Å²) in [6, 6.07) is 36.5. The molecule has 0 saturated heterocycles. The highest BCUT2D eigenvalue weighted by Gasteiger charge is 2.19. The maximum absolute atomic E-state index is 6.22. The highest BCUT2D eigenvalue weighted by atomic mass is 16.5. The summed E-state index contributed by atoms with van der Waals surface area (Å²) in [4.78, 5) is 0. The monoisotopic (exact) mass is 566 g/mol. The molecule has 1 nitrogen and oxygen atoms in total. The van der Waals surface area contributed by atoms with Crippen molar-refractivity contribution in [3.05, 3.63) is 143 Å². The van der Waals surface area contributed by atoms with Gasteiger partial charge in [-0.05, 0) is 119 Å². The maximum Gasteiger partial charge on any atom is 0.0681 e. The van der Waals surface area contributed by atoms with Crippen molar-refractivity contribution in [3.8, 4) is 22.3 Å². The molecule has 2 aliphatic carbocycles. The lowest BCUT2D eigenvalue weighted by Gasteiger charge is -2.24. The molecule has 0 radical (unpaired) electrons. The van der Waals surface area contributed by atoms with Crippen LogP contribution >= 0.6 is 0 Å². The van der Waals surface area contributed by atoms with Crippen molar-refractivity contribution >= 4 is 0 Å². The molecule has 2 unspecified atom stereocenters. The van der Waals surface area contributed by atoms with E-state index in [1.165, 1.54) is 68.5 Å². The second kappa shape index (κ2) is 14.2. The van der Waals surface area contributed by atoms with Gasteiger partial charge in [-0.15, -0.1) is 0 Å². The number of allylic oxidation sites excluding steroid dienone is 2. The molecule has 0 bridgehead atoms. The van der Waals surface area contributed by atoms with Gasteiger partial charge in [0.25, 0.3) is 0 Å². The van der Waals surface area contributed by atoms with Crippen LogP contribution in [0.4, 0.5) is 0 Å². The van der Waals surface area contributed by atoms with Gasteiger partial charge in [-0.2, -0.15) is 0 Å². The van der Waals surface area contributed by atoms with Gasteiger partial charge < -0.3 is 4.74 Å². The van der Waals surface area contributed by atoms with E-state index >= 15 is 0 Å². The van der Waals surface area contributed by atoms with E-state index in [1.807, 2.05) is 0 Å². The summed E-state index contributed by atoms with van der Waals surface area (Å²) in [5.74, 6) is 1.24. The summed E-state index contributed by atoms with van der Waals surface area (Å²) in [5, 5.41) is 0. The van der Waals surface area contributed by atoms with Crippen molar-refractivity contribution in [3.63, 3.8) is 0 Å². The third-order valence-corrected chi connectivity index (χ3v) is 9.74. The Morgan fingerprint density at radius 1 is 0.488 bits per heavy atom. The molecule has 1 heteroatoms. The first kappa shape index (κ1) is 29.4. The Morgan fingerprint density at radius 2 is 0.837 bits per heavy atom. The highest BCUT2D eigenvalue weighted by Crippen LogP contribution is 2.35. The molecule has 0 N–H and O–H groups in total. The van der Waals surface area contributed by atoms with E-state index in [2.05, 4.69) is 123 Å². The Balaban J connectivity index is 0.940. The number of hydrogen-bond donors (Lipinski definition) is 0. The van der Waals surface area contributed by atoms with Crippen LogP contribution in [0, 0.1) is 0 Å². The first-order valence-electron chi connectivity index (χ1n) is 16.5. The van der Waals surface area contributed by atoms with Crippen molar-refractivity contribution < 1.29 is 4.74 Å². The minimum absolute atomic E-state index is 0.619. The van der Waals surface area contributed by atoms with Crippen LogP contribution in [0.15, 0.2) is 120 Å². The molecule has 6 rings (SSSR count). The lowest BCUT2D eigenvalue weighted by molar-refractivity contribution is 0.172. The standard InChI is InChI=1S/C42H46O/c1-3-31-5-13-35(14-6-31)39-21-25-41(26-22-39)37-17-9-33(10-18-37)29-43-30-34-11-19-38(20-12-34)42-27-23-40(24-28-42)36-15-7-32(4-2)8-16-36/h5-9,11,13-16,21-28,37-38H,3-4,10,12,17-20,29-30H2,1-2H3. The molecule has 2 atom stereocenters. The Labute approximate surface area is 259 Å². The van der Waals surface area contributed by atoms with E-state index in [0.717, 1.165) is 51.7 Å². The third-order valence-electron chi connectivity index (χ3n) is 9.74. The summed E-state index contributed by atoms with van der Waals surface area (Å²) in [7, 11) is 0. The summed E-state index contributed by atoms with van der Waals surface area (Å²) in [6.45, 7) is 5.97. The molecule has 0 heterocycles. The SMILES string of the molecule is CCc1ccc(-c2ccc(C3CC=C(COCC4=CCC(c5ccc(-c6ccc(CC)cc6)cc5)CC4)CC3)cc2)cc1. The van der Waals surface area contributed by atoms with Gasteiger partial charge in [0, 0.05) is 0 Å². The second-order valence-electron chi connectivity index (χ2n) is 12.5. The molecule has 0 spiro atoms. The Morgan fingerprint density at radius 3 is 1.14 bits per heavy atom. The van der Waals surface area contributed by atoms with Gasteiger partial charge in [0.1, 0.15) is 0 Å². The van der Waals surface area contributed by atoms with Crippen LogP contribution < -0.4 is 0 Å². The van der Waals surface area contributed by atoms with Crippen LogP contribution in [0.3, 0.4) is 0 Å². The fraction of sp³-hybridized carbons (Fsp3) is 0.333. The summed E-state index contributed by atoms with van der Waals surface area (Å²) < 4.78 is 6.22. The smallest absolute Gasteiger partial charge is 0.0681 e. The van der Waals surface area contributed by atoms with Crippen molar-refractivity contribution in [1.82, 2.24) is 0 Å². The van der Waals surface area contributed by atoms with Gasteiger partial charge in [0.2, 0.25) is 0 Å². The molecule has 220 valence electrons. The number of rotatable bonds is 10. The minimum atomic E-state index is 0.619. The van der Waals surface area contributed by atoms with Gasteiger partial charge in [-0.25, -0.2) is 0 Å². The van der Waals surface area contributed by atoms with E-state index < -0.39 is 0 Å². The quantitative estimate of drug-likeness (QED) is 0.173. The van der Waals surface area contributed by atoms with E-state index in [4.69, 9.17) is 4.74 Å². The summed E-state index contributed by atoms with van der Waals surface area (Å²) in [5.41, 5.74) is 13.9. The van der Waals surface area contributed by atoms with Crippen molar-refractivity contribution in [2.45, 2.75) is 77.0 Å². The number of hydrogen-bond acceptors (Lipinski definition) is 1. The van der Waals surface area contributed by atoms with Gasteiger partial charge in [0.05, 0.1) is 13.2 Å². The molecule has 0 aliphatic heterocycles. The van der Waals surface area contributed by atoms with Crippen LogP contribution in [0.25, 0.3) is 22.3 Å². The average Bonchev–Trinajstić information content (AvgIpc) is 3.09. The van der Waals surface area contributed by atoms with E-state index in [9.17, 15) is 0 Å². The first-order chi connectivity index (χ1) is 21.2. The summed E-state index contributed by atoms with van der Waals surface area (Å²) >= 11 is 0. The Hall–Kier alpha value is -3.68. The topological polar surface area (TPSA) is 9.23 Å². The van der Waals surface area contributed by atoms with Crippen molar-refractivity contribution in [2.75, 3.05) is 13.2 Å². The Kier molecular flexibility index (Phi) is 9.70. The lowest BCUT2D eigenvalue weighted by Crippen LogP contribution is -2.11. The van der Waals surface area contributed by atoms with Crippen LogP contribution in [0.5, 0.6) is 0 Å². The minimum Gasteiger partial charge on any atom is -0.373 e. The molecule has 43 heavy (non-hydrogen) atoms. The number of ether oxygens (including phenoxy) is 1. The zero-order valence-corrected chi connectivity index (χ0v) is 26.0. The fourth-order valence-electron chi connectivity index (χ4n) is 6.72. The highest BCUT2D eigenvalue weighted by molar-refractivity contribution is 5.65. The number of benzene rings is 4. The van der Waals surface area contributed by atoms with Crippen LogP contribution in [-0.2, 0) is 17.6 Å². The lowest BCUT2D eigenvalue weighted by atomic mass is 9.84. The Bertz CT molecular complexity index is 1400. The molecule has 0 fully saturated rings. The summed E-state index contributed by atoms with van der Waals surface area (Å²) in [6.07, 6.45) is 14.0. The fourth-order valence-corrected chi connectivity index (χ4v) is 6.72. The van der Waals surface area contributed by atoms with Crippen LogP contribution in [0.2, 0.25) is 0 Å². The molecule has 2 aliphatic rings. The predicted octanol–water partition coefficient (Wildman–Crippen LogP) is 11.2. The van der Waals surface area contributed by atoms with Gasteiger partial charge in [-0.1, -0.05) is 123 Å². The van der Waals surface area contributed by atoms with Crippen LogP contribution in [-0.4, -0.2) is 13.2 Å². The zero-order valence-electron chi connectivity index (χ0n) is 26.0. The van der Waals surface area contributed by atoms with E-state index in [-0.39, 0.29) is 0 Å². The second-order valence-corrected chi connectivity index (χ2v) is 12.5. The molecule has 4 aromatic rings. The molecule has 0 saturated carbocycles. The van der Waals surface area contributed by atoms with Gasteiger partial charge in [-0.3, -0.25) is 0 Å². The largest absolute Gasteiger partial charge is 0.373 e. The van der Waals surface area contributed by atoms with Crippen molar-refractivity contribution in [2.24, 2.45) is 0 Å². The van der Waals surface area contributed by atoms with E-state index in [1.54, 1.807) is 0 Å². The molecule has 0 amide bonds. The van der Waals surface area contributed by atoms with Gasteiger partial charge >= 0.3 is 0 Å². The molecule has 0 aromatic heterocycles. The maximum atomic E-state index is 6.22. The molecule has 4 aromatic carbocycles. The van der Waals surface area contributed by atoms with Gasteiger partial charge in [0.15, 0.2) is 0 Å². The van der Waals surface area contributed by atoms with E-state index in [0.29, 0.717) is 11.8 Å². The number of aryl methyl sites for hydroxylation is 2. The third kappa shape index (κ3) is 7.46. The predicted molar refractivity (Wildman–Crippen MR) is 183 cm³/mol. The van der Waals surface area contributed by atoms with Crippen molar-refractivity contribution in [1.29, 1.82) is 0 Å². The normalized spacial score (nSPS) is 18.7. The van der Waals surface area contributed by atoms with Crippen LogP contribution in [0.1, 0.15) is 86.5 Å². The zero-order chi connectivity index (χ0) is 29.4. The average molecular weight is 567 g/mol. The molecular formula is C42H46O. The first-order valence-corrected chi connectivity index (χ1v) is 16.5. The molecular weight excluding hydrogens is 520 g/mol.